The van der Waals surface area contributed by atoms with E-state index in [1.165, 1.54) is 11.8 Å². The third-order valence-electron chi connectivity index (χ3n) is 3.45. The molecule has 1 N–H and O–H groups in total. The zero-order chi connectivity index (χ0) is 17.0. The molecule has 7 heteroatoms. The molecule has 1 unspecified atom stereocenters. The number of thioether (sulfide) groups is 2. The summed E-state index contributed by atoms with van der Waals surface area (Å²) in [4.78, 5) is 24.3. The molecule has 0 aromatic heterocycles. The minimum Gasteiger partial charge on any atom is -0.497 e. The van der Waals surface area contributed by atoms with Gasteiger partial charge in [0.1, 0.15) is 16.2 Å². The third-order valence-corrected chi connectivity index (χ3v) is 6.19. The molecule has 0 aliphatic carbocycles. The summed E-state index contributed by atoms with van der Waals surface area (Å²) in [6.07, 6.45) is 1.96. The average molecular weight is 353 g/mol. The standard InChI is InChI=1S/C16H19NO4S2/c1-5-13(11-8-10(20-3)6-7-12(11)21-4)22-9-16(2)14(18)17-15(19)23-16/h5-8H,9H2,1-4H3,(H,17,18,19)/b13-5-. The number of hydrogen-bond donors (Lipinski definition) is 1. The number of rotatable bonds is 6. The van der Waals surface area contributed by atoms with Crippen molar-refractivity contribution in [3.05, 3.63) is 29.8 Å². The van der Waals surface area contributed by atoms with Gasteiger partial charge in [0.15, 0.2) is 0 Å². The second-order valence-electron chi connectivity index (χ2n) is 5.08. The molecule has 23 heavy (non-hydrogen) atoms. The zero-order valence-corrected chi connectivity index (χ0v) is 15.1. The number of nitrogens with one attached hydrogen (secondary N) is 1. The van der Waals surface area contributed by atoms with E-state index >= 15 is 0 Å². The van der Waals surface area contributed by atoms with Crippen LogP contribution < -0.4 is 14.8 Å². The Bertz CT molecular complexity index is 659. The second kappa shape index (κ2) is 7.31. The Labute approximate surface area is 144 Å². The Morgan fingerprint density at radius 2 is 2.09 bits per heavy atom. The molecule has 124 valence electrons. The summed E-state index contributed by atoms with van der Waals surface area (Å²) >= 11 is 2.55. The molecule has 0 spiro atoms. The highest BCUT2D eigenvalue weighted by atomic mass is 32.2. The lowest BCUT2D eigenvalue weighted by molar-refractivity contribution is -0.120. The fourth-order valence-corrected chi connectivity index (χ4v) is 4.29. The minimum absolute atomic E-state index is 0.243. The van der Waals surface area contributed by atoms with Crippen molar-refractivity contribution in [3.8, 4) is 11.5 Å². The van der Waals surface area contributed by atoms with Gasteiger partial charge in [-0.3, -0.25) is 14.9 Å². The van der Waals surface area contributed by atoms with Crippen molar-refractivity contribution in [2.75, 3.05) is 20.0 Å². The Balaban J connectivity index is 2.21. The van der Waals surface area contributed by atoms with E-state index in [0.717, 1.165) is 33.7 Å². The van der Waals surface area contributed by atoms with Gasteiger partial charge in [-0.25, -0.2) is 0 Å². The lowest BCUT2D eigenvalue weighted by Crippen LogP contribution is -2.35. The van der Waals surface area contributed by atoms with Crippen LogP contribution in [0.5, 0.6) is 11.5 Å². The van der Waals surface area contributed by atoms with Crippen LogP contribution in [0.3, 0.4) is 0 Å². The third kappa shape index (κ3) is 3.84. The fourth-order valence-electron chi connectivity index (χ4n) is 2.14. The fraction of sp³-hybridized carbons (Fsp3) is 0.375. The number of ether oxygens (including phenoxy) is 2. The average Bonchev–Trinajstić information content (AvgIpc) is 2.80. The molecular weight excluding hydrogens is 334 g/mol. The first-order chi connectivity index (χ1) is 10.9. The summed E-state index contributed by atoms with van der Waals surface area (Å²) < 4.78 is 9.93. The van der Waals surface area contributed by atoms with Crippen molar-refractivity contribution in [3.63, 3.8) is 0 Å². The van der Waals surface area contributed by atoms with Gasteiger partial charge in [0, 0.05) is 16.2 Å². The lowest BCUT2D eigenvalue weighted by Gasteiger charge is -2.19. The van der Waals surface area contributed by atoms with Crippen LogP contribution in [0.2, 0.25) is 0 Å². The van der Waals surface area contributed by atoms with Gasteiger partial charge in [-0.1, -0.05) is 6.08 Å². The minimum atomic E-state index is -0.762. The molecule has 0 bridgehead atoms. The predicted molar refractivity (Wildman–Crippen MR) is 95.2 cm³/mol. The number of methoxy groups -OCH3 is 2. The van der Waals surface area contributed by atoms with E-state index in [1.807, 2.05) is 31.2 Å². The number of allylic oxidation sites excluding steroid dienone is 1. The van der Waals surface area contributed by atoms with E-state index in [2.05, 4.69) is 5.32 Å². The summed E-state index contributed by atoms with van der Waals surface area (Å²) in [6.45, 7) is 3.71. The first-order valence-electron chi connectivity index (χ1n) is 6.99. The van der Waals surface area contributed by atoms with Crippen LogP contribution in [0.25, 0.3) is 4.91 Å². The molecule has 1 atom stereocenters. The topological polar surface area (TPSA) is 64.6 Å². The van der Waals surface area contributed by atoms with Crippen LogP contribution in [0, 0.1) is 0 Å². The van der Waals surface area contributed by atoms with Gasteiger partial charge in [-0.05, 0) is 43.8 Å². The van der Waals surface area contributed by atoms with Gasteiger partial charge in [0.2, 0.25) is 5.91 Å². The van der Waals surface area contributed by atoms with Crippen molar-refractivity contribution in [2.24, 2.45) is 0 Å². The van der Waals surface area contributed by atoms with E-state index in [0.29, 0.717) is 5.75 Å². The summed E-state index contributed by atoms with van der Waals surface area (Å²) in [7, 11) is 3.23. The van der Waals surface area contributed by atoms with E-state index in [9.17, 15) is 9.59 Å². The van der Waals surface area contributed by atoms with Crippen LogP contribution >= 0.6 is 23.5 Å². The van der Waals surface area contributed by atoms with Gasteiger partial charge >= 0.3 is 0 Å². The van der Waals surface area contributed by atoms with Crippen molar-refractivity contribution in [1.82, 2.24) is 5.32 Å². The zero-order valence-electron chi connectivity index (χ0n) is 13.5. The van der Waals surface area contributed by atoms with Crippen LogP contribution in [0.15, 0.2) is 24.3 Å². The summed E-state index contributed by atoms with van der Waals surface area (Å²) in [5, 5.41) is 2.04. The molecule has 1 fully saturated rings. The predicted octanol–water partition coefficient (Wildman–Crippen LogP) is 3.54. The van der Waals surface area contributed by atoms with Gasteiger partial charge in [-0.15, -0.1) is 11.8 Å². The molecule has 5 nitrogen and oxygen atoms in total. The Morgan fingerprint density at radius 3 is 2.61 bits per heavy atom. The molecular formula is C16H19NO4S2. The smallest absolute Gasteiger partial charge is 0.286 e. The second-order valence-corrected chi connectivity index (χ2v) is 7.58. The Kier molecular flexibility index (Phi) is 5.64. The first-order valence-corrected chi connectivity index (χ1v) is 8.79. The number of amides is 2. The van der Waals surface area contributed by atoms with Gasteiger partial charge in [-0.2, -0.15) is 0 Å². The van der Waals surface area contributed by atoms with Gasteiger partial charge in [0.05, 0.1) is 14.2 Å². The quantitative estimate of drug-likeness (QED) is 0.844. The van der Waals surface area contributed by atoms with Crippen molar-refractivity contribution < 1.29 is 19.1 Å². The highest BCUT2D eigenvalue weighted by Crippen LogP contribution is 2.41. The van der Waals surface area contributed by atoms with E-state index < -0.39 is 4.75 Å². The van der Waals surface area contributed by atoms with Gasteiger partial charge < -0.3 is 9.47 Å². The Morgan fingerprint density at radius 1 is 1.35 bits per heavy atom. The molecule has 1 aromatic rings. The largest absolute Gasteiger partial charge is 0.497 e. The molecule has 0 saturated carbocycles. The molecule has 1 heterocycles. The maximum atomic E-state index is 11.9. The number of benzene rings is 1. The molecule has 1 aromatic carbocycles. The van der Waals surface area contributed by atoms with E-state index in [1.54, 1.807) is 21.1 Å². The molecule has 1 aliphatic rings. The van der Waals surface area contributed by atoms with Crippen LogP contribution in [-0.2, 0) is 4.79 Å². The van der Waals surface area contributed by atoms with Crippen molar-refractivity contribution in [2.45, 2.75) is 18.6 Å². The van der Waals surface area contributed by atoms with Crippen molar-refractivity contribution in [1.29, 1.82) is 0 Å². The van der Waals surface area contributed by atoms with E-state index in [4.69, 9.17) is 9.47 Å². The molecule has 1 saturated heterocycles. The monoisotopic (exact) mass is 353 g/mol. The normalized spacial score (nSPS) is 21.3. The molecule has 0 radical (unpaired) electrons. The highest BCUT2D eigenvalue weighted by molar-refractivity contribution is 8.17. The Hall–Kier alpha value is -1.60. The summed E-state index contributed by atoms with van der Waals surface area (Å²) in [5.74, 6) is 1.70. The highest BCUT2D eigenvalue weighted by Gasteiger charge is 2.43. The first kappa shape index (κ1) is 17.7. The lowest BCUT2D eigenvalue weighted by atomic mass is 10.1. The van der Waals surface area contributed by atoms with Crippen LogP contribution in [-0.4, -0.2) is 35.9 Å². The van der Waals surface area contributed by atoms with Crippen LogP contribution in [0.1, 0.15) is 19.4 Å². The number of hydrogen-bond acceptors (Lipinski definition) is 6. The van der Waals surface area contributed by atoms with Gasteiger partial charge in [0.25, 0.3) is 5.24 Å². The van der Waals surface area contributed by atoms with Crippen molar-refractivity contribution >= 4 is 39.6 Å². The summed E-state index contributed by atoms with van der Waals surface area (Å²) in [5.41, 5.74) is 0.901. The number of carbonyl (C=O) groups excluding carboxylic acids is 2. The maximum Gasteiger partial charge on any atom is 0.286 e. The SMILES string of the molecule is C/C=C(\SCC1(C)SC(=O)NC1=O)c1cc(OC)ccc1OC. The maximum absolute atomic E-state index is 11.9. The number of carbonyl (C=O) groups is 2. The molecule has 1 aliphatic heterocycles. The summed E-state index contributed by atoms with van der Waals surface area (Å²) in [6, 6.07) is 5.58. The molecule has 2 rings (SSSR count). The number of imide groups is 1. The van der Waals surface area contributed by atoms with Crippen LogP contribution in [0.4, 0.5) is 4.79 Å². The van der Waals surface area contributed by atoms with E-state index in [-0.39, 0.29) is 11.1 Å². The molecule has 2 amide bonds.